The van der Waals surface area contributed by atoms with E-state index in [2.05, 4.69) is 10.6 Å². The Bertz CT molecular complexity index is 424. The first-order valence-corrected chi connectivity index (χ1v) is 6.82. The van der Waals surface area contributed by atoms with E-state index in [0.29, 0.717) is 11.0 Å². The van der Waals surface area contributed by atoms with Crippen LogP contribution in [-0.4, -0.2) is 31.2 Å². The third kappa shape index (κ3) is 3.78. The molecule has 1 aromatic rings. The summed E-state index contributed by atoms with van der Waals surface area (Å²) in [7, 11) is 1.63. The zero-order valence-corrected chi connectivity index (χ0v) is 11.4. The van der Waals surface area contributed by atoms with Crippen LogP contribution >= 0.6 is 0 Å². The standard InChI is InChI=1S/C15H22N2O2/c1-16-14(19)13-4-2-12(3-5-13)10-17-11-15(6-7-15)8-9-18/h2-5,17-18H,6-11H2,1H3,(H,16,19). The van der Waals surface area contributed by atoms with Crippen molar-refractivity contribution >= 4 is 5.91 Å². The van der Waals surface area contributed by atoms with Crippen molar-refractivity contribution in [1.82, 2.24) is 10.6 Å². The molecule has 0 saturated heterocycles. The molecule has 0 unspecified atom stereocenters. The molecule has 4 heteroatoms. The fraction of sp³-hybridized carbons (Fsp3) is 0.533. The maximum absolute atomic E-state index is 11.4. The fourth-order valence-electron chi connectivity index (χ4n) is 2.32. The predicted molar refractivity (Wildman–Crippen MR) is 74.9 cm³/mol. The van der Waals surface area contributed by atoms with E-state index in [1.54, 1.807) is 7.05 Å². The van der Waals surface area contributed by atoms with Crippen molar-refractivity contribution in [3.05, 3.63) is 35.4 Å². The molecular formula is C15H22N2O2. The number of hydrogen-bond acceptors (Lipinski definition) is 3. The molecule has 4 nitrogen and oxygen atoms in total. The molecule has 0 aliphatic heterocycles. The molecule has 1 aliphatic rings. The van der Waals surface area contributed by atoms with Gasteiger partial charge in [-0.25, -0.2) is 0 Å². The Kier molecular flexibility index (Phi) is 4.56. The Balaban J connectivity index is 1.79. The molecule has 0 heterocycles. The van der Waals surface area contributed by atoms with E-state index in [-0.39, 0.29) is 12.5 Å². The van der Waals surface area contributed by atoms with E-state index in [9.17, 15) is 4.79 Å². The lowest BCUT2D eigenvalue weighted by Gasteiger charge is -2.14. The van der Waals surface area contributed by atoms with E-state index >= 15 is 0 Å². The van der Waals surface area contributed by atoms with Crippen molar-refractivity contribution in [2.75, 3.05) is 20.2 Å². The molecule has 1 fully saturated rings. The van der Waals surface area contributed by atoms with Gasteiger partial charge >= 0.3 is 0 Å². The van der Waals surface area contributed by atoms with E-state index in [0.717, 1.165) is 19.5 Å². The molecule has 0 radical (unpaired) electrons. The maximum atomic E-state index is 11.4. The molecular weight excluding hydrogens is 240 g/mol. The lowest BCUT2D eigenvalue weighted by Crippen LogP contribution is -2.24. The Morgan fingerprint density at radius 2 is 2.00 bits per heavy atom. The summed E-state index contributed by atoms with van der Waals surface area (Å²) in [5.41, 5.74) is 2.20. The minimum absolute atomic E-state index is 0.0561. The van der Waals surface area contributed by atoms with Gasteiger partial charge in [-0.05, 0) is 42.4 Å². The van der Waals surface area contributed by atoms with Gasteiger partial charge in [-0.3, -0.25) is 4.79 Å². The Morgan fingerprint density at radius 1 is 1.32 bits per heavy atom. The van der Waals surface area contributed by atoms with Crippen LogP contribution in [-0.2, 0) is 6.54 Å². The number of hydrogen-bond donors (Lipinski definition) is 3. The van der Waals surface area contributed by atoms with Crippen LogP contribution in [0.15, 0.2) is 24.3 Å². The van der Waals surface area contributed by atoms with Gasteiger partial charge in [0.25, 0.3) is 5.91 Å². The average Bonchev–Trinajstić information content (AvgIpc) is 3.19. The largest absolute Gasteiger partial charge is 0.396 e. The zero-order valence-electron chi connectivity index (χ0n) is 11.4. The monoisotopic (exact) mass is 262 g/mol. The Morgan fingerprint density at radius 3 is 2.53 bits per heavy atom. The van der Waals surface area contributed by atoms with Crippen molar-refractivity contribution in [1.29, 1.82) is 0 Å². The number of carbonyl (C=O) groups excluding carboxylic acids is 1. The van der Waals surface area contributed by atoms with Gasteiger partial charge in [0.1, 0.15) is 0 Å². The smallest absolute Gasteiger partial charge is 0.251 e. The summed E-state index contributed by atoms with van der Waals surface area (Å²) < 4.78 is 0. The van der Waals surface area contributed by atoms with Crippen LogP contribution in [0.5, 0.6) is 0 Å². The second-order valence-corrected chi connectivity index (χ2v) is 5.35. The molecule has 1 amide bonds. The highest BCUT2D eigenvalue weighted by atomic mass is 16.3. The fourth-order valence-corrected chi connectivity index (χ4v) is 2.32. The summed E-state index contributed by atoms with van der Waals surface area (Å²) in [6.45, 7) is 2.05. The molecule has 19 heavy (non-hydrogen) atoms. The van der Waals surface area contributed by atoms with Gasteiger partial charge in [0.15, 0.2) is 0 Å². The van der Waals surface area contributed by atoms with Gasteiger partial charge in [0.2, 0.25) is 0 Å². The molecule has 0 bridgehead atoms. The lowest BCUT2D eigenvalue weighted by molar-refractivity contribution is 0.0963. The summed E-state index contributed by atoms with van der Waals surface area (Å²) in [5, 5.41) is 15.0. The van der Waals surface area contributed by atoms with Gasteiger partial charge in [0, 0.05) is 32.3 Å². The first kappa shape index (κ1) is 14.0. The number of carbonyl (C=O) groups is 1. The van der Waals surface area contributed by atoms with Crippen molar-refractivity contribution in [3.8, 4) is 0 Å². The number of aliphatic hydroxyl groups is 1. The molecule has 0 aromatic heterocycles. The summed E-state index contributed by atoms with van der Waals surface area (Å²) in [5.74, 6) is -0.0561. The van der Waals surface area contributed by atoms with Crippen molar-refractivity contribution in [2.45, 2.75) is 25.8 Å². The summed E-state index contributed by atoms with van der Waals surface area (Å²) in [6.07, 6.45) is 3.34. The highest BCUT2D eigenvalue weighted by Gasteiger charge is 2.41. The molecule has 2 rings (SSSR count). The predicted octanol–water partition coefficient (Wildman–Crippen LogP) is 1.30. The highest BCUT2D eigenvalue weighted by molar-refractivity contribution is 5.93. The van der Waals surface area contributed by atoms with Crippen molar-refractivity contribution in [3.63, 3.8) is 0 Å². The van der Waals surface area contributed by atoms with Crippen LogP contribution < -0.4 is 10.6 Å². The second kappa shape index (κ2) is 6.17. The average molecular weight is 262 g/mol. The zero-order chi connectivity index (χ0) is 13.7. The molecule has 104 valence electrons. The number of benzene rings is 1. The summed E-state index contributed by atoms with van der Waals surface area (Å²) >= 11 is 0. The van der Waals surface area contributed by atoms with Gasteiger partial charge in [-0.2, -0.15) is 0 Å². The van der Waals surface area contributed by atoms with E-state index < -0.39 is 0 Å². The van der Waals surface area contributed by atoms with Gasteiger partial charge in [-0.15, -0.1) is 0 Å². The molecule has 0 atom stereocenters. The number of nitrogens with one attached hydrogen (secondary N) is 2. The van der Waals surface area contributed by atoms with Crippen LogP contribution in [0.25, 0.3) is 0 Å². The minimum atomic E-state index is -0.0561. The topological polar surface area (TPSA) is 61.4 Å². The molecule has 1 aliphatic carbocycles. The maximum Gasteiger partial charge on any atom is 0.251 e. The molecule has 0 spiro atoms. The summed E-state index contributed by atoms with van der Waals surface area (Å²) in [4.78, 5) is 11.4. The van der Waals surface area contributed by atoms with Gasteiger partial charge in [-0.1, -0.05) is 12.1 Å². The SMILES string of the molecule is CNC(=O)c1ccc(CNCC2(CCO)CC2)cc1. The molecule has 3 N–H and O–H groups in total. The Hall–Kier alpha value is -1.39. The van der Waals surface area contributed by atoms with Crippen LogP contribution in [0.4, 0.5) is 0 Å². The number of rotatable bonds is 7. The molecule has 1 aromatic carbocycles. The number of aliphatic hydroxyl groups excluding tert-OH is 1. The first-order valence-electron chi connectivity index (χ1n) is 6.82. The van der Waals surface area contributed by atoms with Crippen LogP contribution in [0.3, 0.4) is 0 Å². The Labute approximate surface area is 114 Å². The van der Waals surface area contributed by atoms with Gasteiger partial charge in [0.05, 0.1) is 0 Å². The third-order valence-corrected chi connectivity index (χ3v) is 3.87. The third-order valence-electron chi connectivity index (χ3n) is 3.87. The van der Waals surface area contributed by atoms with Gasteiger partial charge < -0.3 is 15.7 Å². The van der Waals surface area contributed by atoms with E-state index in [1.807, 2.05) is 24.3 Å². The van der Waals surface area contributed by atoms with Crippen LogP contribution in [0.2, 0.25) is 0 Å². The quantitative estimate of drug-likeness (QED) is 0.694. The number of amides is 1. The van der Waals surface area contributed by atoms with Crippen LogP contribution in [0, 0.1) is 5.41 Å². The van der Waals surface area contributed by atoms with Crippen molar-refractivity contribution in [2.24, 2.45) is 5.41 Å². The molecule has 1 saturated carbocycles. The minimum Gasteiger partial charge on any atom is -0.396 e. The highest BCUT2D eigenvalue weighted by Crippen LogP contribution is 2.47. The summed E-state index contributed by atoms with van der Waals surface area (Å²) in [6, 6.07) is 7.64. The van der Waals surface area contributed by atoms with E-state index in [4.69, 9.17) is 5.11 Å². The van der Waals surface area contributed by atoms with Crippen molar-refractivity contribution < 1.29 is 9.90 Å². The van der Waals surface area contributed by atoms with E-state index in [1.165, 1.54) is 18.4 Å². The first-order chi connectivity index (χ1) is 9.19. The lowest BCUT2D eigenvalue weighted by atomic mass is 10.0. The van der Waals surface area contributed by atoms with Crippen LogP contribution in [0.1, 0.15) is 35.2 Å². The normalized spacial score (nSPS) is 16.1. The second-order valence-electron chi connectivity index (χ2n) is 5.35.